The maximum atomic E-state index is 4.72. The number of aromatic nitrogens is 3. The highest BCUT2D eigenvalue weighted by Gasteiger charge is 2.19. The van der Waals surface area contributed by atoms with Gasteiger partial charge in [-0.1, -0.05) is 121 Å². The van der Waals surface area contributed by atoms with Gasteiger partial charge in [-0.25, -0.2) is 0 Å². The molecule has 0 atom stereocenters. The van der Waals surface area contributed by atoms with Crippen LogP contribution in [0.3, 0.4) is 0 Å². The van der Waals surface area contributed by atoms with Gasteiger partial charge in [-0.3, -0.25) is 9.97 Å². The molecule has 0 unspecified atom stereocenters. The summed E-state index contributed by atoms with van der Waals surface area (Å²) in [7, 11) is 0. The van der Waals surface area contributed by atoms with Gasteiger partial charge in [0.2, 0.25) is 0 Å². The number of rotatable bonds is 4. The SMILES string of the molecule is c1ccc(-c2cccc(-c3ccc4c5c6ccccc6ccc5n(-c5cc6nccnc6cc5-c5ccccc5)c4c3)c2)cc1. The highest BCUT2D eigenvalue weighted by Crippen LogP contribution is 2.41. The van der Waals surface area contributed by atoms with Crippen LogP contribution in [0, 0.1) is 0 Å². The highest BCUT2D eigenvalue weighted by atomic mass is 15.0. The Kier molecular flexibility index (Phi) is 5.82. The van der Waals surface area contributed by atoms with E-state index in [0.717, 1.165) is 33.4 Å². The van der Waals surface area contributed by atoms with Crippen molar-refractivity contribution >= 4 is 43.6 Å². The largest absolute Gasteiger partial charge is 0.308 e. The van der Waals surface area contributed by atoms with Crippen LogP contribution in [0.5, 0.6) is 0 Å². The molecule has 0 aliphatic rings. The van der Waals surface area contributed by atoms with Crippen molar-refractivity contribution in [2.75, 3.05) is 0 Å². The van der Waals surface area contributed by atoms with Gasteiger partial charge in [0.15, 0.2) is 0 Å². The topological polar surface area (TPSA) is 30.7 Å². The van der Waals surface area contributed by atoms with Crippen molar-refractivity contribution in [3.8, 4) is 39.1 Å². The summed E-state index contributed by atoms with van der Waals surface area (Å²) in [6.45, 7) is 0. The average Bonchev–Trinajstić information content (AvgIpc) is 3.46. The van der Waals surface area contributed by atoms with E-state index < -0.39 is 0 Å². The van der Waals surface area contributed by atoms with Gasteiger partial charge >= 0.3 is 0 Å². The lowest BCUT2D eigenvalue weighted by Gasteiger charge is -2.16. The van der Waals surface area contributed by atoms with Crippen LogP contribution in [0.25, 0.3) is 82.7 Å². The molecule has 0 saturated heterocycles. The first kappa shape index (κ1) is 25.4. The van der Waals surface area contributed by atoms with Crippen molar-refractivity contribution in [3.05, 3.63) is 164 Å². The Bertz CT molecular complexity index is 2530. The van der Waals surface area contributed by atoms with Gasteiger partial charge in [-0.15, -0.1) is 0 Å². The Hall–Kier alpha value is -6.06. The number of nitrogens with zero attached hydrogens (tertiary/aromatic N) is 3. The molecular weight excluding hydrogens is 546 g/mol. The molecule has 210 valence electrons. The highest BCUT2D eigenvalue weighted by molar-refractivity contribution is 6.22. The van der Waals surface area contributed by atoms with Gasteiger partial charge in [-0.2, -0.15) is 0 Å². The second-order valence-corrected chi connectivity index (χ2v) is 11.5. The average molecular weight is 574 g/mol. The van der Waals surface area contributed by atoms with E-state index in [1.54, 1.807) is 12.4 Å². The van der Waals surface area contributed by atoms with Crippen LogP contribution in [-0.4, -0.2) is 14.5 Å². The van der Waals surface area contributed by atoms with Crippen molar-refractivity contribution in [3.63, 3.8) is 0 Å². The van der Waals surface area contributed by atoms with E-state index in [0.29, 0.717) is 0 Å². The lowest BCUT2D eigenvalue weighted by molar-refractivity contribution is 1.18. The summed E-state index contributed by atoms with van der Waals surface area (Å²) < 4.78 is 2.43. The van der Waals surface area contributed by atoms with Gasteiger partial charge in [0, 0.05) is 28.7 Å². The lowest BCUT2D eigenvalue weighted by atomic mass is 9.97. The normalized spacial score (nSPS) is 11.6. The monoisotopic (exact) mass is 573 g/mol. The predicted octanol–water partition coefficient (Wildman–Crippen LogP) is 10.9. The van der Waals surface area contributed by atoms with E-state index in [1.165, 1.54) is 49.3 Å². The van der Waals surface area contributed by atoms with Crippen LogP contribution < -0.4 is 0 Å². The summed E-state index contributed by atoms with van der Waals surface area (Å²) in [6.07, 6.45) is 3.53. The molecular formula is C42H27N3. The number of fused-ring (bicyclic) bond motifs is 6. The van der Waals surface area contributed by atoms with E-state index in [2.05, 4.69) is 161 Å². The molecule has 0 saturated carbocycles. The zero-order valence-electron chi connectivity index (χ0n) is 24.4. The van der Waals surface area contributed by atoms with Crippen molar-refractivity contribution in [1.82, 2.24) is 14.5 Å². The fourth-order valence-electron chi connectivity index (χ4n) is 6.77. The van der Waals surface area contributed by atoms with Crippen molar-refractivity contribution in [2.45, 2.75) is 0 Å². The van der Waals surface area contributed by atoms with Crippen LogP contribution in [0.15, 0.2) is 164 Å². The molecule has 0 aliphatic carbocycles. The smallest absolute Gasteiger partial charge is 0.0908 e. The van der Waals surface area contributed by atoms with Gasteiger partial charge in [-0.05, 0) is 68.9 Å². The van der Waals surface area contributed by atoms with Crippen LogP contribution >= 0.6 is 0 Å². The zero-order chi connectivity index (χ0) is 29.7. The fraction of sp³-hybridized carbons (Fsp3) is 0. The van der Waals surface area contributed by atoms with Gasteiger partial charge in [0.25, 0.3) is 0 Å². The Morgan fingerprint density at radius 2 is 1.04 bits per heavy atom. The molecule has 7 aromatic carbocycles. The van der Waals surface area contributed by atoms with E-state index in [-0.39, 0.29) is 0 Å². The van der Waals surface area contributed by atoms with Gasteiger partial charge in [0.1, 0.15) is 0 Å². The molecule has 0 bridgehead atoms. The van der Waals surface area contributed by atoms with Crippen LogP contribution in [0.1, 0.15) is 0 Å². The Balaban J connectivity index is 1.38. The summed E-state index contributed by atoms with van der Waals surface area (Å²) in [5.74, 6) is 0. The van der Waals surface area contributed by atoms with Crippen LogP contribution in [0.2, 0.25) is 0 Å². The fourth-order valence-corrected chi connectivity index (χ4v) is 6.77. The third kappa shape index (κ3) is 4.21. The maximum Gasteiger partial charge on any atom is 0.0908 e. The minimum absolute atomic E-state index is 0.870. The van der Waals surface area contributed by atoms with Crippen LogP contribution in [0.4, 0.5) is 0 Å². The molecule has 0 aliphatic heterocycles. The molecule has 9 rings (SSSR count). The number of benzene rings is 7. The molecule has 3 heteroatoms. The maximum absolute atomic E-state index is 4.72. The molecule has 0 fully saturated rings. The zero-order valence-corrected chi connectivity index (χ0v) is 24.4. The molecule has 9 aromatic rings. The van der Waals surface area contributed by atoms with Gasteiger partial charge < -0.3 is 4.57 Å². The van der Waals surface area contributed by atoms with Gasteiger partial charge in [0.05, 0.1) is 27.8 Å². The first-order chi connectivity index (χ1) is 22.3. The van der Waals surface area contributed by atoms with Crippen LogP contribution in [-0.2, 0) is 0 Å². The second kappa shape index (κ2) is 10.3. The number of hydrogen-bond donors (Lipinski definition) is 0. The Morgan fingerprint density at radius 3 is 1.84 bits per heavy atom. The van der Waals surface area contributed by atoms with E-state index in [9.17, 15) is 0 Å². The Labute approximate surface area is 260 Å². The second-order valence-electron chi connectivity index (χ2n) is 11.5. The molecule has 3 nitrogen and oxygen atoms in total. The third-order valence-corrected chi connectivity index (χ3v) is 8.87. The third-order valence-electron chi connectivity index (χ3n) is 8.87. The van der Waals surface area contributed by atoms with E-state index >= 15 is 0 Å². The summed E-state index contributed by atoms with van der Waals surface area (Å²) >= 11 is 0. The molecule has 2 aromatic heterocycles. The summed E-state index contributed by atoms with van der Waals surface area (Å²) in [5.41, 5.74) is 12.2. The minimum Gasteiger partial charge on any atom is -0.308 e. The van der Waals surface area contributed by atoms with E-state index in [1.807, 2.05) is 0 Å². The van der Waals surface area contributed by atoms with Crippen molar-refractivity contribution < 1.29 is 0 Å². The predicted molar refractivity (Wildman–Crippen MR) is 188 cm³/mol. The molecule has 45 heavy (non-hydrogen) atoms. The van der Waals surface area contributed by atoms with Crippen molar-refractivity contribution in [2.24, 2.45) is 0 Å². The standard InChI is InChI=1S/C42H27N3/c1-3-10-28(11-4-1)31-15-9-16-32(24-31)33-18-20-35-40(25-33)45(39-21-19-30-14-7-8-17-34(30)42(35)39)41-27-38-37(43-22-23-44-38)26-36(41)29-12-5-2-6-13-29/h1-27H. The first-order valence-corrected chi connectivity index (χ1v) is 15.2. The summed E-state index contributed by atoms with van der Waals surface area (Å²) in [5, 5.41) is 4.96. The quantitative estimate of drug-likeness (QED) is 0.210. The van der Waals surface area contributed by atoms with E-state index in [4.69, 9.17) is 4.98 Å². The molecule has 0 N–H and O–H groups in total. The summed E-state index contributed by atoms with van der Waals surface area (Å²) in [6, 6.07) is 54.5. The lowest BCUT2D eigenvalue weighted by Crippen LogP contribution is -1.99. The molecule has 0 amide bonds. The molecule has 0 spiro atoms. The van der Waals surface area contributed by atoms with Crippen molar-refractivity contribution in [1.29, 1.82) is 0 Å². The molecule has 2 heterocycles. The first-order valence-electron chi connectivity index (χ1n) is 15.2. The minimum atomic E-state index is 0.870. The molecule has 0 radical (unpaired) electrons. The number of hydrogen-bond acceptors (Lipinski definition) is 2. The Morgan fingerprint density at radius 1 is 0.400 bits per heavy atom. The summed E-state index contributed by atoms with van der Waals surface area (Å²) in [4.78, 5) is 9.40.